The van der Waals surface area contributed by atoms with E-state index in [0.717, 1.165) is 64.6 Å². The monoisotopic (exact) mass is 369 g/mol. The van der Waals surface area contributed by atoms with E-state index < -0.39 is 0 Å². The Hall–Kier alpha value is -1.88. The van der Waals surface area contributed by atoms with Gasteiger partial charge in [0, 0.05) is 19.6 Å². The summed E-state index contributed by atoms with van der Waals surface area (Å²) in [5.74, 6) is 0.833. The van der Waals surface area contributed by atoms with Gasteiger partial charge in [-0.1, -0.05) is 30.3 Å². The molecule has 0 bridgehead atoms. The normalized spacial score (nSPS) is 26.6. The summed E-state index contributed by atoms with van der Waals surface area (Å²) in [4.78, 5) is 27.5. The van der Waals surface area contributed by atoms with Crippen molar-refractivity contribution >= 4 is 11.8 Å². The van der Waals surface area contributed by atoms with Crippen molar-refractivity contribution in [1.29, 1.82) is 0 Å². The lowest BCUT2D eigenvalue weighted by molar-refractivity contribution is -0.138. The molecule has 2 atom stereocenters. The second-order valence-electron chi connectivity index (χ2n) is 8.60. The van der Waals surface area contributed by atoms with E-state index in [1.807, 2.05) is 6.07 Å². The molecule has 146 valence electrons. The van der Waals surface area contributed by atoms with Gasteiger partial charge in [0.1, 0.15) is 0 Å². The van der Waals surface area contributed by atoms with E-state index in [9.17, 15) is 9.59 Å². The predicted octanol–water partition coefficient (Wildman–Crippen LogP) is 2.12. The van der Waals surface area contributed by atoms with Gasteiger partial charge in [-0.05, 0) is 63.0 Å². The van der Waals surface area contributed by atoms with Crippen LogP contribution in [0.3, 0.4) is 0 Å². The highest BCUT2D eigenvalue weighted by atomic mass is 16.2. The van der Waals surface area contributed by atoms with Crippen LogP contribution in [0, 0.1) is 11.3 Å². The van der Waals surface area contributed by atoms with Crippen molar-refractivity contribution in [3.8, 4) is 0 Å². The molecule has 0 radical (unpaired) electrons. The van der Waals surface area contributed by atoms with Gasteiger partial charge in [-0.15, -0.1) is 0 Å². The van der Waals surface area contributed by atoms with E-state index in [1.54, 1.807) is 0 Å². The van der Waals surface area contributed by atoms with Gasteiger partial charge in [0.2, 0.25) is 11.8 Å². The van der Waals surface area contributed by atoms with Crippen molar-refractivity contribution in [3.05, 3.63) is 35.9 Å². The first-order chi connectivity index (χ1) is 13.2. The van der Waals surface area contributed by atoms with E-state index in [2.05, 4.69) is 39.8 Å². The third kappa shape index (κ3) is 4.34. The maximum atomic E-state index is 13.2. The van der Waals surface area contributed by atoms with E-state index in [-0.39, 0.29) is 17.4 Å². The number of carbonyl (C=O) groups is 2. The summed E-state index contributed by atoms with van der Waals surface area (Å²) < 4.78 is 0. The number of nitrogens with zero attached hydrogens (tertiary/aromatic N) is 1. The van der Waals surface area contributed by atoms with Gasteiger partial charge in [-0.25, -0.2) is 0 Å². The van der Waals surface area contributed by atoms with Crippen molar-refractivity contribution in [3.63, 3.8) is 0 Å². The number of likely N-dealkylation sites (tertiary alicyclic amines) is 1. The Bertz CT molecular complexity index is 665. The molecule has 2 N–H and O–H groups in total. The molecule has 1 aromatic carbocycles. The minimum atomic E-state index is -0.166. The van der Waals surface area contributed by atoms with Gasteiger partial charge < -0.3 is 15.5 Å². The first kappa shape index (κ1) is 18.5. The summed E-state index contributed by atoms with van der Waals surface area (Å²) in [6.45, 7) is 3.28. The maximum absolute atomic E-state index is 13.2. The molecule has 1 saturated carbocycles. The molecule has 1 aromatic rings. The van der Waals surface area contributed by atoms with E-state index in [4.69, 9.17) is 0 Å². The van der Waals surface area contributed by atoms with Crippen molar-refractivity contribution in [2.45, 2.75) is 51.0 Å². The van der Waals surface area contributed by atoms with Crippen LogP contribution in [0.15, 0.2) is 30.3 Å². The number of hydrogen-bond donors (Lipinski definition) is 2. The third-order valence-corrected chi connectivity index (χ3v) is 6.44. The fourth-order valence-corrected chi connectivity index (χ4v) is 4.63. The highest BCUT2D eigenvalue weighted by Crippen LogP contribution is 2.50. The van der Waals surface area contributed by atoms with Crippen LogP contribution in [0.25, 0.3) is 0 Å². The highest BCUT2D eigenvalue weighted by Gasteiger charge is 2.51. The number of hydrogen-bond acceptors (Lipinski definition) is 3. The number of carbonyl (C=O) groups excluding carboxylic acids is 2. The lowest BCUT2D eigenvalue weighted by Gasteiger charge is -2.35. The zero-order valence-electron chi connectivity index (χ0n) is 16.1. The van der Waals surface area contributed by atoms with E-state index in [0.29, 0.717) is 18.4 Å². The molecule has 2 saturated heterocycles. The Morgan fingerprint density at radius 3 is 2.67 bits per heavy atom. The summed E-state index contributed by atoms with van der Waals surface area (Å²) in [5, 5.41) is 6.35. The van der Waals surface area contributed by atoms with Crippen LogP contribution in [0.2, 0.25) is 0 Å². The fraction of sp³-hybridized carbons (Fsp3) is 0.636. The zero-order chi connectivity index (χ0) is 18.7. The summed E-state index contributed by atoms with van der Waals surface area (Å²) >= 11 is 0. The van der Waals surface area contributed by atoms with Crippen LogP contribution < -0.4 is 10.6 Å². The van der Waals surface area contributed by atoms with Gasteiger partial charge >= 0.3 is 0 Å². The Labute approximate surface area is 161 Å². The molecule has 2 aliphatic heterocycles. The first-order valence-corrected chi connectivity index (χ1v) is 10.5. The molecule has 2 amide bonds. The molecule has 0 spiro atoms. The SMILES string of the molecule is O=C(NCC1CCCN(C(=O)C2(Cc3ccccc3)CC2)C1)C1CCCN1. The molecular weight excluding hydrogens is 338 g/mol. The second-order valence-corrected chi connectivity index (χ2v) is 8.60. The van der Waals surface area contributed by atoms with Gasteiger partial charge in [0.25, 0.3) is 0 Å². The van der Waals surface area contributed by atoms with E-state index >= 15 is 0 Å². The van der Waals surface area contributed by atoms with Crippen molar-refractivity contribution in [2.75, 3.05) is 26.2 Å². The van der Waals surface area contributed by atoms with Crippen LogP contribution in [-0.2, 0) is 16.0 Å². The average Bonchev–Trinajstić information content (AvgIpc) is 3.27. The molecule has 1 aliphatic carbocycles. The van der Waals surface area contributed by atoms with Crippen molar-refractivity contribution in [2.24, 2.45) is 11.3 Å². The topological polar surface area (TPSA) is 61.4 Å². The molecule has 4 rings (SSSR count). The first-order valence-electron chi connectivity index (χ1n) is 10.5. The number of rotatable bonds is 6. The van der Waals surface area contributed by atoms with Gasteiger partial charge in [0.05, 0.1) is 11.5 Å². The lowest BCUT2D eigenvalue weighted by Crippen LogP contribution is -2.48. The van der Waals surface area contributed by atoms with Crippen LogP contribution in [-0.4, -0.2) is 48.9 Å². The van der Waals surface area contributed by atoms with E-state index in [1.165, 1.54) is 5.56 Å². The number of benzene rings is 1. The standard InChI is InChI=1S/C22H31N3O2/c26-20(19-9-4-12-23-19)24-15-18-8-5-13-25(16-18)21(27)22(10-11-22)14-17-6-2-1-3-7-17/h1-3,6-7,18-19,23H,4-5,8-16H2,(H,24,26). The fourth-order valence-electron chi connectivity index (χ4n) is 4.63. The number of piperidine rings is 1. The molecular formula is C22H31N3O2. The largest absolute Gasteiger partial charge is 0.354 e. The van der Waals surface area contributed by atoms with Crippen LogP contribution in [0.4, 0.5) is 0 Å². The molecule has 3 fully saturated rings. The molecule has 5 heteroatoms. The molecule has 27 heavy (non-hydrogen) atoms. The Kier molecular flexibility index (Phi) is 5.48. The quantitative estimate of drug-likeness (QED) is 0.807. The Morgan fingerprint density at radius 2 is 1.96 bits per heavy atom. The number of amides is 2. The maximum Gasteiger partial charge on any atom is 0.237 e. The molecule has 3 aliphatic rings. The van der Waals surface area contributed by atoms with Crippen molar-refractivity contribution in [1.82, 2.24) is 15.5 Å². The van der Waals surface area contributed by atoms with Crippen LogP contribution in [0.1, 0.15) is 44.1 Å². The summed E-state index contributed by atoms with van der Waals surface area (Å²) in [5.41, 5.74) is 1.09. The molecule has 2 unspecified atom stereocenters. The highest BCUT2D eigenvalue weighted by molar-refractivity contribution is 5.86. The predicted molar refractivity (Wildman–Crippen MR) is 105 cm³/mol. The number of nitrogens with one attached hydrogen (secondary N) is 2. The van der Waals surface area contributed by atoms with Gasteiger partial charge in [0.15, 0.2) is 0 Å². The second kappa shape index (κ2) is 8.01. The average molecular weight is 370 g/mol. The molecule has 5 nitrogen and oxygen atoms in total. The zero-order valence-corrected chi connectivity index (χ0v) is 16.1. The molecule has 0 aromatic heterocycles. The summed E-state index contributed by atoms with van der Waals surface area (Å²) in [7, 11) is 0. The lowest BCUT2D eigenvalue weighted by atomic mass is 9.92. The van der Waals surface area contributed by atoms with Crippen molar-refractivity contribution < 1.29 is 9.59 Å². The minimum absolute atomic E-state index is 0.0214. The third-order valence-electron chi connectivity index (χ3n) is 6.44. The molecule has 2 heterocycles. The van der Waals surface area contributed by atoms with Gasteiger partial charge in [-0.3, -0.25) is 9.59 Å². The minimum Gasteiger partial charge on any atom is -0.354 e. The summed E-state index contributed by atoms with van der Waals surface area (Å²) in [6, 6.07) is 10.4. The van der Waals surface area contributed by atoms with Crippen LogP contribution in [0.5, 0.6) is 0 Å². The Morgan fingerprint density at radius 1 is 1.15 bits per heavy atom. The Balaban J connectivity index is 1.30. The summed E-state index contributed by atoms with van der Waals surface area (Å²) in [6.07, 6.45) is 7.01. The smallest absolute Gasteiger partial charge is 0.237 e. The van der Waals surface area contributed by atoms with Gasteiger partial charge in [-0.2, -0.15) is 0 Å². The van der Waals surface area contributed by atoms with Crippen LogP contribution >= 0.6 is 0 Å².